The molecule has 1 N–H and O–H groups in total. The van der Waals surface area contributed by atoms with E-state index in [-0.39, 0.29) is 17.4 Å². The normalized spacial score (nSPS) is 23.3. The number of hydrogen-bond acceptors (Lipinski definition) is 4. The van der Waals surface area contributed by atoms with Gasteiger partial charge in [0.15, 0.2) is 0 Å². The number of benzene rings is 1. The van der Waals surface area contributed by atoms with E-state index in [1.54, 1.807) is 4.90 Å². The summed E-state index contributed by atoms with van der Waals surface area (Å²) >= 11 is 0. The number of ether oxygens (including phenoxy) is 1. The molecule has 0 bridgehead atoms. The largest absolute Gasteiger partial charge is 0.450 e. The number of nitrogens with one attached hydrogen (secondary N) is 1. The van der Waals surface area contributed by atoms with Crippen LogP contribution < -0.4 is 0 Å². The zero-order chi connectivity index (χ0) is 23.7. The van der Waals surface area contributed by atoms with E-state index in [9.17, 15) is 9.59 Å². The summed E-state index contributed by atoms with van der Waals surface area (Å²) < 4.78 is 5.09. The number of para-hydroxylation sites is 1. The molecule has 0 unspecified atom stereocenters. The van der Waals surface area contributed by atoms with Crippen LogP contribution in [-0.4, -0.2) is 83.6 Å². The van der Waals surface area contributed by atoms with Crippen LogP contribution >= 0.6 is 0 Å². The van der Waals surface area contributed by atoms with Crippen molar-refractivity contribution in [1.82, 2.24) is 19.7 Å². The number of aryl methyl sites for hydroxylation is 1. The van der Waals surface area contributed by atoms with E-state index >= 15 is 0 Å². The lowest BCUT2D eigenvalue weighted by Crippen LogP contribution is -2.51. The summed E-state index contributed by atoms with van der Waals surface area (Å²) in [6.07, 6.45) is 7.45. The van der Waals surface area contributed by atoms with Crippen LogP contribution in [0.1, 0.15) is 45.1 Å². The molecular formula is C27H38N4O3. The number of fused-ring (bicyclic) bond motifs is 1. The Morgan fingerprint density at radius 3 is 2.53 bits per heavy atom. The minimum Gasteiger partial charge on any atom is -0.450 e. The van der Waals surface area contributed by atoms with Gasteiger partial charge in [0.05, 0.1) is 6.61 Å². The maximum atomic E-state index is 13.2. The first-order valence-corrected chi connectivity index (χ1v) is 13.0. The Labute approximate surface area is 202 Å². The standard InChI is InChI=1S/C27H38N4O3/c1-3-34-26(33)31-16-14-30(15-17-31)25(32)23-18-27(23)10-12-29(13-11-27)20(2)8-9-21-19-28-24-7-5-4-6-22(21)24/h4-7,19-20,23,28H,3,8-18H2,1-2H3/t20-,23-/m0/s1. The maximum Gasteiger partial charge on any atom is 0.409 e. The van der Waals surface area contributed by atoms with Crippen LogP contribution in [0.15, 0.2) is 30.5 Å². The average molecular weight is 467 g/mol. The lowest BCUT2D eigenvalue weighted by molar-refractivity contribution is -0.135. The first-order valence-electron chi connectivity index (χ1n) is 13.0. The van der Waals surface area contributed by atoms with Gasteiger partial charge in [0.2, 0.25) is 5.91 Å². The molecule has 7 nitrogen and oxygen atoms in total. The summed E-state index contributed by atoms with van der Waals surface area (Å²) in [5.41, 5.74) is 2.85. The van der Waals surface area contributed by atoms with Crippen molar-refractivity contribution in [3.63, 3.8) is 0 Å². The van der Waals surface area contributed by atoms with E-state index in [1.807, 2.05) is 11.8 Å². The van der Waals surface area contributed by atoms with Gasteiger partial charge in [0.1, 0.15) is 0 Å². The number of aromatic nitrogens is 1. The van der Waals surface area contributed by atoms with Crippen molar-refractivity contribution in [3.05, 3.63) is 36.0 Å². The van der Waals surface area contributed by atoms with Gasteiger partial charge in [-0.15, -0.1) is 0 Å². The molecule has 7 heteroatoms. The topological polar surface area (TPSA) is 68.9 Å². The van der Waals surface area contributed by atoms with Crippen molar-refractivity contribution >= 4 is 22.9 Å². The number of piperidine rings is 1. The maximum absolute atomic E-state index is 13.2. The molecule has 0 radical (unpaired) electrons. The van der Waals surface area contributed by atoms with Crippen LogP contribution in [0.3, 0.4) is 0 Å². The van der Waals surface area contributed by atoms with E-state index < -0.39 is 0 Å². The van der Waals surface area contributed by atoms with Gasteiger partial charge in [-0.05, 0) is 76.1 Å². The highest BCUT2D eigenvalue weighted by Gasteiger charge is 2.59. The molecule has 1 aromatic carbocycles. The van der Waals surface area contributed by atoms with Gasteiger partial charge in [-0.3, -0.25) is 4.79 Å². The van der Waals surface area contributed by atoms with Gasteiger partial charge in [-0.2, -0.15) is 0 Å². The smallest absolute Gasteiger partial charge is 0.409 e. The molecule has 5 rings (SSSR count). The number of nitrogens with zero attached hydrogens (tertiary/aromatic N) is 3. The molecular weight excluding hydrogens is 428 g/mol. The predicted molar refractivity (Wildman–Crippen MR) is 133 cm³/mol. The third kappa shape index (κ3) is 4.54. The molecule has 3 aliphatic rings. The van der Waals surface area contributed by atoms with Crippen LogP contribution in [0.25, 0.3) is 10.9 Å². The molecule has 3 fully saturated rings. The van der Waals surface area contributed by atoms with Crippen LogP contribution in [0.4, 0.5) is 4.79 Å². The lowest BCUT2D eigenvalue weighted by atomic mass is 9.89. The van der Waals surface area contributed by atoms with Crippen molar-refractivity contribution in [2.75, 3.05) is 45.9 Å². The molecule has 34 heavy (non-hydrogen) atoms. The molecule has 2 amide bonds. The molecule has 1 aromatic heterocycles. The number of piperazine rings is 1. The first kappa shape index (κ1) is 23.2. The second-order valence-corrected chi connectivity index (χ2v) is 10.4. The fourth-order valence-corrected chi connectivity index (χ4v) is 6.09. The van der Waals surface area contributed by atoms with Crippen molar-refractivity contribution in [2.24, 2.45) is 11.3 Å². The Morgan fingerprint density at radius 1 is 1.09 bits per heavy atom. The SMILES string of the molecule is CCOC(=O)N1CCN(C(=O)[C@@H]2CC23CCN([C@@H](C)CCc2c[nH]c4ccccc24)CC3)CC1. The molecule has 3 heterocycles. The van der Waals surface area contributed by atoms with Crippen LogP contribution in [0.2, 0.25) is 0 Å². The van der Waals surface area contributed by atoms with Gasteiger partial charge in [0, 0.05) is 55.2 Å². The van der Waals surface area contributed by atoms with Gasteiger partial charge >= 0.3 is 6.09 Å². The Balaban J connectivity index is 1.07. The van der Waals surface area contributed by atoms with Crippen molar-refractivity contribution < 1.29 is 14.3 Å². The number of carbonyl (C=O) groups is 2. The minimum atomic E-state index is -0.260. The van der Waals surface area contributed by atoms with Crippen molar-refractivity contribution in [2.45, 2.75) is 52.0 Å². The monoisotopic (exact) mass is 466 g/mol. The summed E-state index contributed by atoms with van der Waals surface area (Å²) in [6, 6.07) is 9.08. The van der Waals surface area contributed by atoms with Crippen LogP contribution in [-0.2, 0) is 16.0 Å². The third-order valence-electron chi connectivity index (χ3n) is 8.53. The second kappa shape index (κ2) is 9.61. The van der Waals surface area contributed by atoms with Crippen LogP contribution in [0.5, 0.6) is 0 Å². The van der Waals surface area contributed by atoms with Gasteiger partial charge in [0.25, 0.3) is 0 Å². The summed E-state index contributed by atoms with van der Waals surface area (Å²) in [6.45, 7) is 9.15. The van der Waals surface area contributed by atoms with Crippen LogP contribution in [0, 0.1) is 11.3 Å². The number of aromatic amines is 1. The Bertz CT molecular complexity index is 1020. The third-order valence-corrected chi connectivity index (χ3v) is 8.53. The Hall–Kier alpha value is -2.54. The van der Waals surface area contributed by atoms with E-state index in [4.69, 9.17) is 4.74 Å². The number of amides is 2. The highest BCUT2D eigenvalue weighted by Crippen LogP contribution is 2.60. The summed E-state index contributed by atoms with van der Waals surface area (Å²) in [5.74, 6) is 0.495. The van der Waals surface area contributed by atoms with Gasteiger partial charge in [-0.1, -0.05) is 18.2 Å². The minimum absolute atomic E-state index is 0.185. The Kier molecular flexibility index (Phi) is 6.56. The number of rotatable bonds is 6. The number of carbonyl (C=O) groups excluding carboxylic acids is 2. The molecule has 1 saturated carbocycles. The highest BCUT2D eigenvalue weighted by atomic mass is 16.6. The molecule has 2 aliphatic heterocycles. The number of hydrogen-bond donors (Lipinski definition) is 1. The highest BCUT2D eigenvalue weighted by molar-refractivity contribution is 5.83. The fourth-order valence-electron chi connectivity index (χ4n) is 6.09. The summed E-state index contributed by atoms with van der Waals surface area (Å²) in [5, 5.41) is 1.34. The van der Waals surface area contributed by atoms with Gasteiger partial charge < -0.3 is 24.4 Å². The van der Waals surface area contributed by atoms with Crippen molar-refractivity contribution in [1.29, 1.82) is 0 Å². The van der Waals surface area contributed by atoms with E-state index in [1.165, 1.54) is 16.5 Å². The quantitative estimate of drug-likeness (QED) is 0.701. The predicted octanol–water partition coefficient (Wildman–Crippen LogP) is 3.89. The number of likely N-dealkylation sites (tertiary alicyclic amines) is 1. The van der Waals surface area contributed by atoms with Gasteiger partial charge in [-0.25, -0.2) is 4.79 Å². The Morgan fingerprint density at radius 2 is 1.79 bits per heavy atom. The molecule has 2 atom stereocenters. The lowest BCUT2D eigenvalue weighted by Gasteiger charge is -2.38. The summed E-state index contributed by atoms with van der Waals surface area (Å²) in [7, 11) is 0. The number of H-pyrrole nitrogens is 1. The molecule has 2 aromatic rings. The fraction of sp³-hybridized carbons (Fsp3) is 0.630. The zero-order valence-corrected chi connectivity index (χ0v) is 20.6. The molecule has 2 saturated heterocycles. The average Bonchev–Trinajstić information content (AvgIpc) is 3.40. The summed E-state index contributed by atoms with van der Waals surface area (Å²) in [4.78, 5) is 34.8. The molecule has 184 valence electrons. The molecule has 1 spiro atoms. The van der Waals surface area contributed by atoms with E-state index in [0.29, 0.717) is 44.7 Å². The van der Waals surface area contributed by atoms with E-state index in [2.05, 4.69) is 47.3 Å². The van der Waals surface area contributed by atoms with E-state index in [0.717, 1.165) is 45.2 Å². The van der Waals surface area contributed by atoms with Crippen molar-refractivity contribution in [3.8, 4) is 0 Å². The second-order valence-electron chi connectivity index (χ2n) is 10.4. The first-order chi connectivity index (χ1) is 16.5. The molecule has 1 aliphatic carbocycles. The zero-order valence-electron chi connectivity index (χ0n) is 20.6.